The average molecular weight is 685 g/mol. The number of rotatable bonds is 6. The number of nitrogens with zero attached hydrogens (tertiary/aromatic N) is 4. The van der Waals surface area contributed by atoms with Crippen LogP contribution in [0.3, 0.4) is 0 Å². The SMILES string of the molecule is c1ccc(-c2nc(-c3cc(-c4ccccc4)c(C45CC6CC(CC(C6)C4)C5)cc3-c3ccccc3)nc(-n3c4ccccc4c4ccccc43)n2)cc1. The summed E-state index contributed by atoms with van der Waals surface area (Å²) in [5, 5.41) is 2.37. The highest BCUT2D eigenvalue weighted by atomic mass is 15.2. The highest BCUT2D eigenvalue weighted by Crippen LogP contribution is 2.62. The molecule has 0 radical (unpaired) electrons. The Labute approximate surface area is 310 Å². The molecule has 0 atom stereocenters. The first-order chi connectivity index (χ1) is 26.2. The Kier molecular flexibility index (Phi) is 7.01. The van der Waals surface area contributed by atoms with E-state index in [4.69, 9.17) is 15.0 Å². The van der Waals surface area contributed by atoms with Gasteiger partial charge in [0, 0.05) is 21.9 Å². The Morgan fingerprint density at radius 1 is 0.434 bits per heavy atom. The summed E-state index contributed by atoms with van der Waals surface area (Å²) in [5.74, 6) is 4.50. The second kappa shape index (κ2) is 12.1. The number of hydrogen-bond acceptors (Lipinski definition) is 3. The molecule has 0 unspecified atom stereocenters. The molecule has 0 amide bonds. The highest BCUT2D eigenvalue weighted by Gasteiger charge is 2.52. The van der Waals surface area contributed by atoms with E-state index in [-0.39, 0.29) is 5.41 Å². The molecule has 0 N–H and O–H groups in total. The van der Waals surface area contributed by atoms with E-state index >= 15 is 0 Å². The predicted octanol–water partition coefficient (Wildman–Crippen LogP) is 12.1. The van der Waals surface area contributed by atoms with Crippen LogP contribution in [-0.4, -0.2) is 19.5 Å². The molecular weight excluding hydrogens is 645 g/mol. The van der Waals surface area contributed by atoms with Crippen molar-refractivity contribution in [1.29, 1.82) is 0 Å². The summed E-state index contributed by atoms with van der Waals surface area (Å²) in [6.07, 6.45) is 8.16. The molecule has 2 aromatic heterocycles. The van der Waals surface area contributed by atoms with Gasteiger partial charge in [-0.25, -0.2) is 4.98 Å². The third kappa shape index (κ3) is 5.07. The van der Waals surface area contributed by atoms with Gasteiger partial charge in [-0.2, -0.15) is 9.97 Å². The molecule has 53 heavy (non-hydrogen) atoms. The van der Waals surface area contributed by atoms with Crippen molar-refractivity contribution in [3.63, 3.8) is 0 Å². The van der Waals surface area contributed by atoms with Gasteiger partial charge in [0.1, 0.15) is 0 Å². The molecule has 4 bridgehead atoms. The fourth-order valence-electron chi connectivity index (χ4n) is 10.8. The fourth-order valence-corrected chi connectivity index (χ4v) is 10.8. The molecule has 6 aromatic carbocycles. The van der Waals surface area contributed by atoms with E-state index in [1.165, 1.54) is 77.1 Å². The van der Waals surface area contributed by atoms with E-state index in [0.29, 0.717) is 17.6 Å². The largest absolute Gasteiger partial charge is 0.278 e. The third-order valence-electron chi connectivity index (χ3n) is 12.6. The first-order valence-electron chi connectivity index (χ1n) is 19.3. The first kappa shape index (κ1) is 30.7. The zero-order valence-corrected chi connectivity index (χ0v) is 29.7. The summed E-state index contributed by atoms with van der Waals surface area (Å²) < 4.78 is 2.21. The van der Waals surface area contributed by atoms with E-state index in [0.717, 1.165) is 39.9 Å². The smallest absolute Gasteiger partial charge is 0.238 e. The fraction of sp³-hybridized carbons (Fsp3) is 0.204. The maximum Gasteiger partial charge on any atom is 0.238 e. The summed E-state index contributed by atoms with van der Waals surface area (Å²) in [5.41, 5.74) is 10.8. The van der Waals surface area contributed by atoms with Gasteiger partial charge < -0.3 is 0 Å². The van der Waals surface area contributed by atoms with Gasteiger partial charge >= 0.3 is 0 Å². The molecule has 256 valence electrons. The molecule has 8 aromatic rings. The Bertz CT molecular complexity index is 2550. The Morgan fingerprint density at radius 3 is 1.47 bits per heavy atom. The van der Waals surface area contributed by atoms with Crippen molar-refractivity contribution in [2.75, 3.05) is 0 Å². The van der Waals surface area contributed by atoms with Crippen molar-refractivity contribution in [2.45, 2.75) is 43.9 Å². The molecule has 4 aliphatic carbocycles. The second-order valence-corrected chi connectivity index (χ2v) is 15.9. The Balaban J connectivity index is 1.21. The molecule has 0 aliphatic heterocycles. The van der Waals surface area contributed by atoms with Crippen molar-refractivity contribution in [3.8, 4) is 51.0 Å². The van der Waals surface area contributed by atoms with Crippen LogP contribution in [0, 0.1) is 17.8 Å². The lowest BCUT2D eigenvalue weighted by molar-refractivity contribution is -0.00490. The average Bonchev–Trinajstić information content (AvgIpc) is 3.55. The van der Waals surface area contributed by atoms with Crippen LogP contribution >= 0.6 is 0 Å². The molecule has 2 heterocycles. The third-order valence-corrected chi connectivity index (χ3v) is 12.6. The van der Waals surface area contributed by atoms with Gasteiger partial charge in [0.25, 0.3) is 0 Å². The zero-order chi connectivity index (χ0) is 34.9. The number of para-hydroxylation sites is 2. The molecule has 0 saturated heterocycles. The van der Waals surface area contributed by atoms with Gasteiger partial charge in [0.15, 0.2) is 11.6 Å². The lowest BCUT2D eigenvalue weighted by Gasteiger charge is -2.57. The molecule has 4 heteroatoms. The van der Waals surface area contributed by atoms with Crippen molar-refractivity contribution in [1.82, 2.24) is 19.5 Å². The van der Waals surface area contributed by atoms with Crippen LogP contribution < -0.4 is 0 Å². The minimum Gasteiger partial charge on any atom is -0.278 e. The van der Waals surface area contributed by atoms with Crippen LogP contribution in [0.5, 0.6) is 0 Å². The number of fused-ring (bicyclic) bond motifs is 3. The molecule has 4 aliphatic rings. The standard InChI is InChI=1S/C49H40N4/c1-4-14-35(15-5-1)40-28-43(49-29-32-24-33(30-49)26-34(25-32)31-49)41(36-16-6-2-7-17-36)27-42(40)47-50-46(37-18-8-3-9-19-37)51-48(52-47)53-44-22-12-10-20-38(44)39-21-11-13-23-45(39)53/h1-23,27-28,32-34H,24-26,29-31H2. The minimum absolute atomic E-state index is 0.199. The summed E-state index contributed by atoms with van der Waals surface area (Å²) in [7, 11) is 0. The molecule has 0 spiro atoms. The van der Waals surface area contributed by atoms with Crippen LogP contribution in [0.4, 0.5) is 0 Å². The predicted molar refractivity (Wildman–Crippen MR) is 216 cm³/mol. The van der Waals surface area contributed by atoms with E-state index in [9.17, 15) is 0 Å². The quantitative estimate of drug-likeness (QED) is 0.175. The van der Waals surface area contributed by atoms with Gasteiger partial charge in [-0.05, 0) is 114 Å². The lowest BCUT2D eigenvalue weighted by Crippen LogP contribution is -2.48. The topological polar surface area (TPSA) is 43.6 Å². The lowest BCUT2D eigenvalue weighted by atomic mass is 9.47. The van der Waals surface area contributed by atoms with E-state index < -0.39 is 0 Å². The molecular formula is C49H40N4. The van der Waals surface area contributed by atoms with Crippen LogP contribution in [0.25, 0.3) is 72.8 Å². The summed E-state index contributed by atoms with van der Waals surface area (Å²) in [6.45, 7) is 0. The zero-order valence-electron chi connectivity index (χ0n) is 29.7. The monoisotopic (exact) mass is 684 g/mol. The van der Waals surface area contributed by atoms with Crippen molar-refractivity contribution >= 4 is 21.8 Å². The van der Waals surface area contributed by atoms with Crippen molar-refractivity contribution < 1.29 is 0 Å². The van der Waals surface area contributed by atoms with Crippen LogP contribution in [0.1, 0.15) is 44.1 Å². The Morgan fingerprint density at radius 2 is 0.906 bits per heavy atom. The number of benzene rings is 6. The summed E-state index contributed by atoms with van der Waals surface area (Å²) in [4.78, 5) is 16.0. The summed E-state index contributed by atoms with van der Waals surface area (Å²) >= 11 is 0. The number of aromatic nitrogens is 4. The van der Waals surface area contributed by atoms with E-state index in [2.05, 4.69) is 150 Å². The Hall–Kier alpha value is -5.87. The van der Waals surface area contributed by atoms with Gasteiger partial charge in [-0.3, -0.25) is 4.57 Å². The van der Waals surface area contributed by atoms with Crippen LogP contribution in [0.15, 0.2) is 152 Å². The van der Waals surface area contributed by atoms with Gasteiger partial charge in [-0.1, -0.05) is 127 Å². The van der Waals surface area contributed by atoms with Crippen LogP contribution in [0.2, 0.25) is 0 Å². The highest BCUT2D eigenvalue weighted by molar-refractivity contribution is 6.09. The maximum absolute atomic E-state index is 5.46. The van der Waals surface area contributed by atoms with E-state index in [1.54, 1.807) is 0 Å². The van der Waals surface area contributed by atoms with Crippen molar-refractivity contribution in [2.24, 2.45) is 17.8 Å². The van der Waals surface area contributed by atoms with Gasteiger partial charge in [-0.15, -0.1) is 0 Å². The first-order valence-corrected chi connectivity index (χ1v) is 19.3. The molecule has 4 nitrogen and oxygen atoms in total. The maximum atomic E-state index is 5.46. The second-order valence-electron chi connectivity index (χ2n) is 15.9. The van der Waals surface area contributed by atoms with Gasteiger partial charge in [0.05, 0.1) is 11.0 Å². The van der Waals surface area contributed by atoms with Crippen LogP contribution in [-0.2, 0) is 5.41 Å². The molecule has 4 saturated carbocycles. The molecule has 12 rings (SSSR count). The normalized spacial score (nSPS) is 21.8. The molecule has 4 fully saturated rings. The number of hydrogen-bond donors (Lipinski definition) is 0. The van der Waals surface area contributed by atoms with Gasteiger partial charge in [0.2, 0.25) is 5.95 Å². The van der Waals surface area contributed by atoms with Crippen molar-refractivity contribution in [3.05, 3.63) is 157 Å². The minimum atomic E-state index is 0.199. The van der Waals surface area contributed by atoms with E-state index in [1.807, 2.05) is 6.07 Å². The summed E-state index contributed by atoms with van der Waals surface area (Å²) in [6, 6.07) is 54.5.